The van der Waals surface area contributed by atoms with E-state index >= 15 is 0 Å². The third kappa shape index (κ3) is 4.93. The Morgan fingerprint density at radius 1 is 1.40 bits per heavy atom. The molecule has 0 bridgehead atoms. The highest BCUT2D eigenvalue weighted by Gasteiger charge is 2.23. The number of hydrogen-bond acceptors (Lipinski definition) is 7. The number of benzene rings is 1. The van der Waals surface area contributed by atoms with Gasteiger partial charge in [0.2, 0.25) is 10.0 Å². The van der Waals surface area contributed by atoms with E-state index in [2.05, 4.69) is 22.9 Å². The molecular formula is C15H17ClN4O3S2. The molecule has 2 rings (SSSR count). The molecule has 0 saturated heterocycles. The number of rotatable bonds is 4. The van der Waals surface area contributed by atoms with Crippen LogP contribution in [0, 0.1) is 0 Å². The summed E-state index contributed by atoms with van der Waals surface area (Å²) in [5.41, 5.74) is 0.951. The van der Waals surface area contributed by atoms with E-state index < -0.39 is 10.0 Å². The lowest BCUT2D eigenvalue weighted by molar-refractivity contribution is 0.380. The number of likely N-dealkylation sites (N-methyl/N-ethyl adjacent to an activating group) is 1. The predicted octanol–water partition coefficient (Wildman–Crippen LogP) is 2.94. The first-order chi connectivity index (χ1) is 11.6. The summed E-state index contributed by atoms with van der Waals surface area (Å²) in [6, 6.07) is 4.14. The maximum Gasteiger partial charge on any atom is 0.238 e. The Bertz CT molecular complexity index is 905. The maximum atomic E-state index is 11.6. The van der Waals surface area contributed by atoms with Crippen LogP contribution in [-0.2, 0) is 10.0 Å². The Kier molecular flexibility index (Phi) is 6.07. The molecule has 3 N–H and O–H groups in total. The van der Waals surface area contributed by atoms with Crippen molar-refractivity contribution in [1.29, 1.82) is 0 Å². The van der Waals surface area contributed by atoms with E-state index in [1.54, 1.807) is 6.08 Å². The number of halogens is 1. The topological polar surface area (TPSA) is 108 Å². The summed E-state index contributed by atoms with van der Waals surface area (Å²) < 4.78 is 23.2. The smallest absolute Gasteiger partial charge is 0.238 e. The fraction of sp³-hybridized carbons (Fsp3) is 0.200. The molecule has 1 atom stereocenters. The van der Waals surface area contributed by atoms with Gasteiger partial charge < -0.3 is 5.11 Å². The number of nitrogens with two attached hydrogens (primary N) is 1. The van der Waals surface area contributed by atoms with Crippen molar-refractivity contribution in [2.75, 3.05) is 14.1 Å². The lowest BCUT2D eigenvalue weighted by atomic mass is 10.0. The number of phenols is 1. The van der Waals surface area contributed by atoms with Gasteiger partial charge in [0.15, 0.2) is 0 Å². The zero-order valence-electron chi connectivity index (χ0n) is 13.5. The molecule has 1 aromatic carbocycles. The molecule has 0 heterocycles. The Hall–Kier alpha value is -1.65. The number of thiol groups is 1. The molecule has 10 heteroatoms. The first kappa shape index (κ1) is 19.7. The summed E-state index contributed by atoms with van der Waals surface area (Å²) in [7, 11) is -0.177. The molecule has 7 nitrogen and oxygen atoms in total. The molecule has 0 radical (unpaired) electrons. The van der Waals surface area contributed by atoms with Gasteiger partial charge in [0.05, 0.1) is 21.7 Å². The van der Waals surface area contributed by atoms with Gasteiger partial charge in [0.25, 0.3) is 0 Å². The van der Waals surface area contributed by atoms with Crippen LogP contribution in [0.3, 0.4) is 0 Å². The molecule has 0 amide bonds. The van der Waals surface area contributed by atoms with Crippen molar-refractivity contribution in [2.24, 2.45) is 15.4 Å². The maximum absolute atomic E-state index is 11.6. The van der Waals surface area contributed by atoms with E-state index in [1.807, 2.05) is 19.0 Å². The number of phenolic OH excluding ortho intramolecular Hbond substituents is 1. The molecule has 25 heavy (non-hydrogen) atoms. The predicted molar refractivity (Wildman–Crippen MR) is 101 cm³/mol. The lowest BCUT2D eigenvalue weighted by Crippen LogP contribution is -2.30. The number of nitrogens with zero attached hydrogens (tertiary/aromatic N) is 3. The van der Waals surface area contributed by atoms with Crippen molar-refractivity contribution in [3.63, 3.8) is 0 Å². The molecule has 0 saturated carbocycles. The van der Waals surface area contributed by atoms with Gasteiger partial charge in [-0.2, -0.15) is 0 Å². The first-order valence-corrected chi connectivity index (χ1v) is 9.39. The second-order valence-corrected chi connectivity index (χ2v) is 7.87. The van der Waals surface area contributed by atoms with E-state index in [-0.39, 0.29) is 26.7 Å². The van der Waals surface area contributed by atoms with Crippen molar-refractivity contribution >= 4 is 39.9 Å². The minimum Gasteiger partial charge on any atom is -0.506 e. The van der Waals surface area contributed by atoms with Gasteiger partial charge in [-0.15, -0.1) is 22.9 Å². The standard InChI is InChI=1S/C15H17ClN4O3S2/c1-20(2)13-5-4-10(25(17,22)23)8-11(13)15(24)19-18-9-3-6-14(21)12(16)7-9/h3-8,13,21,24H,1-2H3,(H2,17,22,23)/b15-11-,19-18?. The first-order valence-electron chi connectivity index (χ1n) is 7.02. The van der Waals surface area contributed by atoms with Gasteiger partial charge >= 0.3 is 0 Å². The van der Waals surface area contributed by atoms with Crippen molar-refractivity contribution in [3.05, 3.63) is 57.0 Å². The minimum absolute atomic E-state index is 0.0324. The van der Waals surface area contributed by atoms with E-state index in [9.17, 15) is 13.5 Å². The summed E-state index contributed by atoms with van der Waals surface area (Å²) in [6.07, 6.45) is 4.56. The molecule has 0 spiro atoms. The summed E-state index contributed by atoms with van der Waals surface area (Å²) >= 11 is 10.2. The van der Waals surface area contributed by atoms with Crippen molar-refractivity contribution < 1.29 is 13.5 Å². The fourth-order valence-corrected chi connectivity index (χ4v) is 3.10. The number of sulfonamides is 1. The van der Waals surface area contributed by atoms with Crippen LogP contribution in [0.5, 0.6) is 5.75 Å². The zero-order chi connectivity index (χ0) is 18.8. The Labute approximate surface area is 156 Å². The van der Waals surface area contributed by atoms with Crippen LogP contribution in [0.2, 0.25) is 5.02 Å². The second-order valence-electron chi connectivity index (χ2n) is 5.47. The fourth-order valence-electron chi connectivity index (χ4n) is 2.12. The molecule has 1 aliphatic carbocycles. The molecule has 0 fully saturated rings. The number of allylic oxidation sites excluding steroid dienone is 1. The Morgan fingerprint density at radius 3 is 2.64 bits per heavy atom. The van der Waals surface area contributed by atoms with Crippen molar-refractivity contribution in [3.8, 4) is 5.75 Å². The molecule has 0 aliphatic heterocycles. The average Bonchev–Trinajstić information content (AvgIpc) is 2.54. The van der Waals surface area contributed by atoms with Crippen LogP contribution in [-0.4, -0.2) is 38.6 Å². The highest BCUT2D eigenvalue weighted by molar-refractivity contribution is 7.93. The number of hydrogen-bond donors (Lipinski definition) is 3. The van der Waals surface area contributed by atoms with Crippen LogP contribution >= 0.6 is 24.2 Å². The highest BCUT2D eigenvalue weighted by atomic mass is 35.5. The van der Waals surface area contributed by atoms with Gasteiger partial charge in [-0.25, -0.2) is 13.6 Å². The molecule has 134 valence electrons. The third-order valence-electron chi connectivity index (χ3n) is 3.39. The van der Waals surface area contributed by atoms with Gasteiger partial charge in [0.1, 0.15) is 10.8 Å². The quantitative estimate of drug-likeness (QED) is 0.533. The summed E-state index contributed by atoms with van der Waals surface area (Å²) in [5, 5.41) is 23.0. The van der Waals surface area contributed by atoms with Crippen LogP contribution in [0.1, 0.15) is 0 Å². The molecule has 1 aromatic rings. The summed E-state index contributed by atoms with van der Waals surface area (Å²) in [6.45, 7) is 0. The average molecular weight is 401 g/mol. The Morgan fingerprint density at radius 2 is 2.08 bits per heavy atom. The van der Waals surface area contributed by atoms with Crippen LogP contribution < -0.4 is 5.14 Å². The minimum atomic E-state index is -3.85. The largest absolute Gasteiger partial charge is 0.506 e. The van der Waals surface area contributed by atoms with Crippen molar-refractivity contribution in [1.82, 2.24) is 4.90 Å². The van der Waals surface area contributed by atoms with Gasteiger partial charge in [-0.05, 0) is 44.4 Å². The number of azo groups is 1. The second kappa shape index (κ2) is 7.71. The highest BCUT2D eigenvalue weighted by Crippen LogP contribution is 2.30. The zero-order valence-corrected chi connectivity index (χ0v) is 15.9. The van der Waals surface area contributed by atoms with Gasteiger partial charge in [-0.1, -0.05) is 17.7 Å². The lowest BCUT2D eigenvalue weighted by Gasteiger charge is -2.25. The van der Waals surface area contributed by atoms with E-state index in [0.29, 0.717) is 11.3 Å². The van der Waals surface area contributed by atoms with Crippen LogP contribution in [0.25, 0.3) is 0 Å². The van der Waals surface area contributed by atoms with E-state index in [1.165, 1.54) is 30.4 Å². The Balaban J connectivity index is 2.44. The number of aromatic hydroxyl groups is 1. The third-order valence-corrected chi connectivity index (χ3v) is 4.96. The van der Waals surface area contributed by atoms with Gasteiger partial charge in [0, 0.05) is 5.57 Å². The van der Waals surface area contributed by atoms with Crippen molar-refractivity contribution in [2.45, 2.75) is 6.04 Å². The summed E-state index contributed by atoms with van der Waals surface area (Å²) in [4.78, 5) is 1.83. The molecule has 0 aromatic heterocycles. The SMILES string of the molecule is CN(C)C1C=CC(S(N)(=O)=O)=C/C1=C(/S)N=Nc1ccc(O)c(Cl)c1. The van der Waals surface area contributed by atoms with E-state index in [4.69, 9.17) is 16.7 Å². The summed E-state index contributed by atoms with van der Waals surface area (Å²) in [5.74, 6) is -0.0594. The monoisotopic (exact) mass is 400 g/mol. The van der Waals surface area contributed by atoms with Crippen LogP contribution in [0.4, 0.5) is 5.69 Å². The number of primary sulfonamides is 1. The van der Waals surface area contributed by atoms with Crippen LogP contribution in [0.15, 0.2) is 62.2 Å². The molecular weight excluding hydrogens is 384 g/mol. The van der Waals surface area contributed by atoms with E-state index in [0.717, 1.165) is 0 Å². The van der Waals surface area contributed by atoms with Gasteiger partial charge in [-0.3, -0.25) is 4.90 Å². The molecule has 1 aliphatic rings. The normalized spacial score (nSPS) is 20.2. The molecule has 1 unspecified atom stereocenters.